The summed E-state index contributed by atoms with van der Waals surface area (Å²) in [4.78, 5) is 4.87. The zero-order valence-corrected chi connectivity index (χ0v) is 13.4. The lowest BCUT2D eigenvalue weighted by atomic mass is 10.0. The summed E-state index contributed by atoms with van der Waals surface area (Å²) in [6.07, 6.45) is 0. The van der Waals surface area contributed by atoms with Gasteiger partial charge in [-0.1, -0.05) is 26.0 Å². The van der Waals surface area contributed by atoms with E-state index in [1.807, 2.05) is 0 Å². The quantitative estimate of drug-likeness (QED) is 0.822. The van der Waals surface area contributed by atoms with Crippen molar-refractivity contribution in [3.05, 3.63) is 29.3 Å². The first-order valence-electron chi connectivity index (χ1n) is 7.70. The summed E-state index contributed by atoms with van der Waals surface area (Å²) in [6.45, 7) is 13.0. The van der Waals surface area contributed by atoms with E-state index in [-0.39, 0.29) is 0 Å². The summed E-state index contributed by atoms with van der Waals surface area (Å²) in [7, 11) is 2.19. The summed E-state index contributed by atoms with van der Waals surface area (Å²) in [5.74, 6) is 1.57. The minimum Gasteiger partial charge on any atom is -0.492 e. The van der Waals surface area contributed by atoms with Gasteiger partial charge in [0, 0.05) is 32.7 Å². The number of likely N-dealkylation sites (N-methyl/N-ethyl adjacent to an activating group) is 1. The molecule has 0 saturated carbocycles. The van der Waals surface area contributed by atoms with Gasteiger partial charge in [0.1, 0.15) is 12.4 Å². The van der Waals surface area contributed by atoms with E-state index in [0.29, 0.717) is 5.92 Å². The number of benzene rings is 1. The molecule has 1 aliphatic rings. The van der Waals surface area contributed by atoms with Gasteiger partial charge in [0.05, 0.1) is 0 Å². The predicted molar refractivity (Wildman–Crippen MR) is 84.7 cm³/mol. The van der Waals surface area contributed by atoms with Crippen molar-refractivity contribution in [3.63, 3.8) is 0 Å². The molecule has 1 aromatic rings. The van der Waals surface area contributed by atoms with Crippen LogP contribution in [0.5, 0.6) is 5.75 Å². The van der Waals surface area contributed by atoms with Gasteiger partial charge in [-0.15, -0.1) is 0 Å². The Morgan fingerprint density at radius 1 is 1.15 bits per heavy atom. The van der Waals surface area contributed by atoms with Crippen molar-refractivity contribution in [3.8, 4) is 5.75 Å². The van der Waals surface area contributed by atoms with Crippen LogP contribution in [0.4, 0.5) is 0 Å². The molecule has 0 unspecified atom stereocenters. The van der Waals surface area contributed by atoms with Crippen LogP contribution in [-0.4, -0.2) is 56.2 Å². The summed E-state index contributed by atoms with van der Waals surface area (Å²) in [6, 6.07) is 6.53. The van der Waals surface area contributed by atoms with Crippen LogP contribution in [0, 0.1) is 6.92 Å². The Labute approximate surface area is 123 Å². The number of aryl methyl sites for hydroxylation is 1. The van der Waals surface area contributed by atoms with Crippen LogP contribution in [0.3, 0.4) is 0 Å². The summed E-state index contributed by atoms with van der Waals surface area (Å²) >= 11 is 0. The molecule has 0 aliphatic carbocycles. The fraction of sp³-hybridized carbons (Fsp3) is 0.647. The topological polar surface area (TPSA) is 15.7 Å². The van der Waals surface area contributed by atoms with Gasteiger partial charge in [0.2, 0.25) is 0 Å². The molecule has 112 valence electrons. The van der Waals surface area contributed by atoms with Crippen molar-refractivity contribution in [1.82, 2.24) is 9.80 Å². The predicted octanol–water partition coefficient (Wildman–Crippen LogP) is 2.74. The van der Waals surface area contributed by atoms with E-state index in [4.69, 9.17) is 4.74 Å². The van der Waals surface area contributed by atoms with Crippen molar-refractivity contribution in [1.29, 1.82) is 0 Å². The van der Waals surface area contributed by atoms with E-state index in [1.165, 1.54) is 24.2 Å². The zero-order valence-electron chi connectivity index (χ0n) is 13.4. The average molecular weight is 276 g/mol. The molecule has 3 heteroatoms. The first-order chi connectivity index (χ1) is 9.56. The average Bonchev–Trinajstić information content (AvgIpc) is 2.41. The Morgan fingerprint density at radius 2 is 1.85 bits per heavy atom. The van der Waals surface area contributed by atoms with E-state index in [2.05, 4.69) is 55.8 Å². The first kappa shape index (κ1) is 15.3. The van der Waals surface area contributed by atoms with E-state index in [0.717, 1.165) is 32.0 Å². The molecule has 20 heavy (non-hydrogen) atoms. The van der Waals surface area contributed by atoms with Gasteiger partial charge in [-0.25, -0.2) is 0 Å². The summed E-state index contributed by atoms with van der Waals surface area (Å²) in [5.41, 5.74) is 2.58. The third-order valence-corrected chi connectivity index (χ3v) is 4.05. The normalized spacial score (nSPS) is 17.6. The van der Waals surface area contributed by atoms with Gasteiger partial charge in [-0.3, -0.25) is 4.90 Å². The second kappa shape index (κ2) is 7.09. The number of hydrogen-bond donors (Lipinski definition) is 0. The van der Waals surface area contributed by atoms with Gasteiger partial charge >= 0.3 is 0 Å². The van der Waals surface area contributed by atoms with Crippen LogP contribution in [0.2, 0.25) is 0 Å². The summed E-state index contributed by atoms with van der Waals surface area (Å²) < 4.78 is 6.05. The second-order valence-electron chi connectivity index (χ2n) is 6.19. The third-order valence-electron chi connectivity index (χ3n) is 4.05. The summed E-state index contributed by atoms with van der Waals surface area (Å²) in [5, 5.41) is 0. The van der Waals surface area contributed by atoms with Crippen LogP contribution in [0.15, 0.2) is 18.2 Å². The highest BCUT2D eigenvalue weighted by Crippen LogP contribution is 2.27. The largest absolute Gasteiger partial charge is 0.492 e. The Bertz CT molecular complexity index is 423. The maximum Gasteiger partial charge on any atom is 0.123 e. The Balaban J connectivity index is 1.86. The molecule has 0 aromatic heterocycles. The molecule has 3 nitrogen and oxygen atoms in total. The molecule has 0 amide bonds. The van der Waals surface area contributed by atoms with Crippen LogP contribution in [0.1, 0.15) is 30.9 Å². The molecule has 1 fully saturated rings. The molecule has 0 atom stereocenters. The third kappa shape index (κ3) is 4.22. The smallest absolute Gasteiger partial charge is 0.123 e. The van der Waals surface area contributed by atoms with E-state index >= 15 is 0 Å². The molecule has 0 radical (unpaired) electrons. The first-order valence-corrected chi connectivity index (χ1v) is 7.70. The van der Waals surface area contributed by atoms with E-state index in [9.17, 15) is 0 Å². The minimum atomic E-state index is 0.509. The molecule has 0 N–H and O–H groups in total. The molecule has 1 aromatic carbocycles. The van der Waals surface area contributed by atoms with Crippen LogP contribution >= 0.6 is 0 Å². The van der Waals surface area contributed by atoms with Gasteiger partial charge in [-0.2, -0.15) is 0 Å². The van der Waals surface area contributed by atoms with Crippen molar-refractivity contribution >= 4 is 0 Å². The van der Waals surface area contributed by atoms with Gasteiger partial charge in [0.25, 0.3) is 0 Å². The molecule has 1 heterocycles. The van der Waals surface area contributed by atoms with E-state index in [1.54, 1.807) is 0 Å². The molecule has 1 saturated heterocycles. The standard InChI is InChI=1S/C17H28N2O/c1-14(2)16-6-5-15(3)13-17(16)20-12-11-19-9-7-18(4)8-10-19/h5-6,13-14H,7-12H2,1-4H3. The highest BCUT2D eigenvalue weighted by atomic mass is 16.5. The Kier molecular flexibility index (Phi) is 5.44. The zero-order chi connectivity index (χ0) is 14.5. The number of nitrogens with zero attached hydrogens (tertiary/aromatic N) is 2. The van der Waals surface area contributed by atoms with Crippen LogP contribution in [-0.2, 0) is 0 Å². The Hall–Kier alpha value is -1.06. The second-order valence-corrected chi connectivity index (χ2v) is 6.19. The number of rotatable bonds is 5. The molecular weight excluding hydrogens is 248 g/mol. The highest BCUT2D eigenvalue weighted by Gasteiger charge is 2.14. The van der Waals surface area contributed by atoms with Gasteiger partial charge < -0.3 is 9.64 Å². The molecule has 2 rings (SSSR count). The maximum atomic E-state index is 6.05. The lowest BCUT2D eigenvalue weighted by molar-refractivity contribution is 0.133. The maximum absolute atomic E-state index is 6.05. The highest BCUT2D eigenvalue weighted by molar-refractivity contribution is 5.39. The van der Waals surface area contributed by atoms with Gasteiger partial charge in [0.15, 0.2) is 0 Å². The number of hydrogen-bond acceptors (Lipinski definition) is 3. The number of piperazine rings is 1. The molecular formula is C17H28N2O. The Morgan fingerprint density at radius 3 is 2.50 bits per heavy atom. The SMILES string of the molecule is Cc1ccc(C(C)C)c(OCCN2CCN(C)CC2)c1. The number of ether oxygens (including phenoxy) is 1. The monoisotopic (exact) mass is 276 g/mol. The van der Waals surface area contributed by atoms with Crippen LogP contribution < -0.4 is 4.74 Å². The minimum absolute atomic E-state index is 0.509. The fourth-order valence-electron chi connectivity index (χ4n) is 2.60. The molecule has 1 aliphatic heterocycles. The van der Waals surface area contributed by atoms with Crippen molar-refractivity contribution in [2.75, 3.05) is 46.4 Å². The fourth-order valence-corrected chi connectivity index (χ4v) is 2.60. The molecule has 0 bridgehead atoms. The van der Waals surface area contributed by atoms with Crippen molar-refractivity contribution in [2.45, 2.75) is 26.7 Å². The lowest BCUT2D eigenvalue weighted by Crippen LogP contribution is -2.45. The van der Waals surface area contributed by atoms with Gasteiger partial charge in [-0.05, 0) is 37.1 Å². The van der Waals surface area contributed by atoms with Crippen LogP contribution in [0.25, 0.3) is 0 Å². The lowest BCUT2D eigenvalue weighted by Gasteiger charge is -2.32. The van der Waals surface area contributed by atoms with Crippen molar-refractivity contribution in [2.24, 2.45) is 0 Å². The molecule has 0 spiro atoms. The van der Waals surface area contributed by atoms with Crippen molar-refractivity contribution < 1.29 is 4.74 Å². The van der Waals surface area contributed by atoms with E-state index < -0.39 is 0 Å².